The molecular weight excluding hydrogens is 935 g/mol. The van der Waals surface area contributed by atoms with Crippen LogP contribution in [0.1, 0.15) is 77.0 Å². The summed E-state index contributed by atoms with van der Waals surface area (Å²) < 4.78 is 149. The van der Waals surface area contributed by atoms with Crippen molar-refractivity contribution in [3.63, 3.8) is 0 Å². The first-order chi connectivity index (χ1) is 26.3. The molecule has 20 atom stereocenters. The monoisotopic (exact) mass is 994 g/mol. The Kier molecular flexibility index (Phi) is 12.1. The SMILES string of the molecule is O=S(=O)(O)C1C2C3NC4NC(NC5NC(NC6NC(NC(N3)C2C(S(=O)(=O)O)C(S(=O)(=O)O)C1S(=O)(=O)O)C1CCCCC61)C1CCCCC51)C1CCCCC41.[SnH2]. The van der Waals surface area contributed by atoms with E-state index in [1.54, 1.807) is 0 Å². The fourth-order valence-corrected chi connectivity index (χ4v) is 20.7. The van der Waals surface area contributed by atoms with Crippen molar-refractivity contribution >= 4 is 64.4 Å². The molecular formula is C32H58N8O12S4Sn. The molecule has 9 aliphatic rings. The summed E-state index contributed by atoms with van der Waals surface area (Å²) in [6.45, 7) is 0. The van der Waals surface area contributed by atoms with Crippen LogP contribution in [0, 0.1) is 47.3 Å². The van der Waals surface area contributed by atoms with Crippen molar-refractivity contribution in [1.29, 1.82) is 0 Å². The van der Waals surface area contributed by atoms with E-state index in [4.69, 9.17) is 0 Å². The predicted molar refractivity (Wildman–Crippen MR) is 209 cm³/mol. The molecule has 0 amide bonds. The Labute approximate surface area is 351 Å². The Morgan fingerprint density at radius 1 is 0.298 bits per heavy atom. The van der Waals surface area contributed by atoms with Crippen LogP contribution in [-0.2, 0) is 40.5 Å². The van der Waals surface area contributed by atoms with Gasteiger partial charge in [-0.05, 0) is 74.0 Å². The summed E-state index contributed by atoms with van der Waals surface area (Å²) in [5.41, 5.74) is 0. The second-order valence-corrected chi connectivity index (χ2v) is 24.4. The molecule has 8 bridgehead atoms. The van der Waals surface area contributed by atoms with Gasteiger partial charge in [0.2, 0.25) is 0 Å². The molecule has 2 radical (unpaired) electrons. The minimum atomic E-state index is -5.87. The second kappa shape index (κ2) is 15.7. The van der Waals surface area contributed by atoms with Crippen molar-refractivity contribution in [1.82, 2.24) is 42.5 Å². The van der Waals surface area contributed by atoms with Gasteiger partial charge in [0.1, 0.15) is 21.0 Å². The number of hydrogen-bond donors (Lipinski definition) is 12. The zero-order chi connectivity index (χ0) is 39.7. The van der Waals surface area contributed by atoms with Gasteiger partial charge in [0.15, 0.2) is 0 Å². The van der Waals surface area contributed by atoms with Crippen molar-refractivity contribution in [2.75, 3.05) is 0 Å². The van der Waals surface area contributed by atoms with Crippen molar-refractivity contribution in [2.45, 2.75) is 147 Å². The van der Waals surface area contributed by atoms with Gasteiger partial charge in [0.25, 0.3) is 40.5 Å². The molecule has 57 heavy (non-hydrogen) atoms. The molecule has 4 aliphatic carbocycles. The Bertz CT molecular complexity index is 1850. The summed E-state index contributed by atoms with van der Waals surface area (Å²) in [4.78, 5) is 0. The van der Waals surface area contributed by atoms with Gasteiger partial charge in [-0.3, -0.25) is 60.7 Å². The molecule has 5 heterocycles. The molecule has 12 N–H and O–H groups in total. The van der Waals surface area contributed by atoms with Crippen molar-refractivity contribution in [3.05, 3.63) is 0 Å². The van der Waals surface area contributed by atoms with Crippen LogP contribution in [0.3, 0.4) is 0 Å². The molecule has 0 aromatic rings. The molecule has 5 saturated heterocycles. The Morgan fingerprint density at radius 3 is 0.667 bits per heavy atom. The number of rotatable bonds is 4. The van der Waals surface area contributed by atoms with Gasteiger partial charge >= 0.3 is 23.9 Å². The van der Waals surface area contributed by atoms with Crippen molar-refractivity contribution < 1.29 is 51.9 Å². The topological polar surface area (TPSA) is 314 Å². The van der Waals surface area contributed by atoms with Crippen LogP contribution < -0.4 is 42.5 Å². The van der Waals surface area contributed by atoms with Crippen LogP contribution >= 0.6 is 0 Å². The normalized spacial score (nSPS) is 50.2. The molecule has 4 saturated carbocycles. The van der Waals surface area contributed by atoms with E-state index in [0.717, 1.165) is 77.0 Å². The first kappa shape index (κ1) is 43.8. The number of hydrogen-bond acceptors (Lipinski definition) is 16. The van der Waals surface area contributed by atoms with Gasteiger partial charge in [-0.25, -0.2) is 0 Å². The summed E-state index contributed by atoms with van der Waals surface area (Å²) in [5, 5.41) is 17.7. The third kappa shape index (κ3) is 7.80. The zero-order valence-electron chi connectivity index (χ0n) is 31.4. The molecule has 326 valence electrons. The van der Waals surface area contributed by atoms with E-state index in [2.05, 4.69) is 42.5 Å². The quantitative estimate of drug-likeness (QED) is 0.0997. The van der Waals surface area contributed by atoms with Crippen LogP contribution in [-0.4, -0.2) is 146 Å². The van der Waals surface area contributed by atoms with E-state index in [1.165, 1.54) is 0 Å². The van der Waals surface area contributed by atoms with Gasteiger partial charge in [-0.2, -0.15) is 33.7 Å². The maximum atomic E-state index is 13.4. The van der Waals surface area contributed by atoms with Gasteiger partial charge < -0.3 is 0 Å². The average Bonchev–Trinajstić information content (AvgIpc) is 3.84. The minimum absolute atomic E-state index is 0. The Hall–Kier alpha value is 0.119. The number of fused-ring (bicyclic) bond motifs is 20. The summed E-state index contributed by atoms with van der Waals surface area (Å²) in [7, 11) is -23.0. The summed E-state index contributed by atoms with van der Waals surface area (Å²) in [6, 6.07) is 0. The standard InChI is InChI=1S/C32H56N8O12S4.Sn.2H/c41-53(42,43)21-19-20(22(54(44,45)46)24(56(50,51)52)23(21)55(47,48)49)32-39-30-18-12-6-4-10-16(18)28(37-30)35-26-14-8-2-1-7-13(14)25(33-26)34-27-15-9-3-5-11-17(15)29(36-27)38-31(19)40-32;;;/h13-40H,1-12H2,(H,41,42,43)(H,44,45,46)(H,47,48,49)(H,50,51,52);;;. The van der Waals surface area contributed by atoms with E-state index in [9.17, 15) is 51.9 Å². The molecule has 0 spiro atoms. The number of nitrogens with one attached hydrogen (secondary N) is 8. The fourth-order valence-electron chi connectivity index (χ4n) is 13.4. The van der Waals surface area contributed by atoms with Crippen LogP contribution in [0.15, 0.2) is 0 Å². The van der Waals surface area contributed by atoms with E-state index in [1.807, 2.05) is 0 Å². The molecule has 5 aliphatic heterocycles. The van der Waals surface area contributed by atoms with Crippen LogP contribution in [0.5, 0.6) is 0 Å². The van der Waals surface area contributed by atoms with Crippen molar-refractivity contribution in [3.8, 4) is 0 Å². The molecule has 20 unspecified atom stereocenters. The second-order valence-electron chi connectivity index (χ2n) is 18.1. The van der Waals surface area contributed by atoms with Crippen LogP contribution in [0.25, 0.3) is 0 Å². The van der Waals surface area contributed by atoms with E-state index >= 15 is 0 Å². The van der Waals surface area contributed by atoms with Crippen LogP contribution in [0.2, 0.25) is 0 Å². The van der Waals surface area contributed by atoms with Gasteiger partial charge in [0.05, 0.1) is 49.3 Å². The summed E-state index contributed by atoms with van der Waals surface area (Å²) in [5.74, 6) is -2.57. The van der Waals surface area contributed by atoms with E-state index < -0.39 is 98.0 Å². The molecule has 9 rings (SSSR count). The van der Waals surface area contributed by atoms with Crippen molar-refractivity contribution in [2.24, 2.45) is 47.3 Å². The summed E-state index contributed by atoms with van der Waals surface area (Å²) >= 11 is 0. The Morgan fingerprint density at radius 2 is 0.474 bits per heavy atom. The van der Waals surface area contributed by atoms with Gasteiger partial charge in [-0.1, -0.05) is 38.5 Å². The summed E-state index contributed by atoms with van der Waals surface area (Å²) in [6.07, 6.45) is 7.44. The molecule has 25 heteroatoms. The molecule has 20 nitrogen and oxygen atoms in total. The van der Waals surface area contributed by atoms with Crippen LogP contribution in [0.4, 0.5) is 0 Å². The van der Waals surface area contributed by atoms with E-state index in [0.29, 0.717) is 11.8 Å². The maximum absolute atomic E-state index is 13.4. The Balaban J connectivity index is 0.00000455. The molecule has 0 aromatic carbocycles. The van der Waals surface area contributed by atoms with Gasteiger partial charge in [0, 0.05) is 11.8 Å². The fraction of sp³-hybridized carbons (Fsp3) is 1.00. The first-order valence-electron chi connectivity index (χ1n) is 20.2. The molecule has 9 fully saturated rings. The van der Waals surface area contributed by atoms with E-state index in [-0.39, 0.29) is 72.2 Å². The third-order valence-corrected chi connectivity index (χ3v) is 21.0. The average molecular weight is 994 g/mol. The first-order valence-corrected chi connectivity index (χ1v) is 26.3. The molecule has 0 aromatic heterocycles. The zero-order valence-corrected chi connectivity index (χ0v) is 38.7. The predicted octanol–water partition coefficient (Wildman–Crippen LogP) is -2.85. The van der Waals surface area contributed by atoms with Gasteiger partial charge in [-0.15, -0.1) is 0 Å². The third-order valence-electron chi connectivity index (χ3n) is 15.4.